The van der Waals surface area contributed by atoms with Gasteiger partial charge in [-0.3, -0.25) is 9.59 Å². The van der Waals surface area contributed by atoms with E-state index in [-0.39, 0.29) is 12.3 Å². The summed E-state index contributed by atoms with van der Waals surface area (Å²) in [6, 6.07) is 3.71. The summed E-state index contributed by atoms with van der Waals surface area (Å²) >= 11 is 3.02. The summed E-state index contributed by atoms with van der Waals surface area (Å²) in [5.74, 6) is -5.07. The average Bonchev–Trinajstić information content (AvgIpc) is 2.40. The lowest BCUT2D eigenvalue weighted by molar-refractivity contribution is -0.186. The van der Waals surface area contributed by atoms with E-state index in [4.69, 9.17) is 0 Å². The van der Waals surface area contributed by atoms with Gasteiger partial charge in [-0.25, -0.2) is 4.39 Å². The van der Waals surface area contributed by atoms with Crippen LogP contribution in [0.5, 0.6) is 0 Å². The van der Waals surface area contributed by atoms with E-state index < -0.39 is 42.6 Å². The Morgan fingerprint density at radius 2 is 1.96 bits per heavy atom. The second-order valence-electron chi connectivity index (χ2n) is 4.62. The van der Waals surface area contributed by atoms with Crippen LogP contribution >= 0.6 is 15.9 Å². The van der Waals surface area contributed by atoms with E-state index in [0.29, 0.717) is 4.47 Å². The quantitative estimate of drug-likeness (QED) is 0.579. The first-order valence-electron chi connectivity index (χ1n) is 6.60. The predicted octanol–water partition coefficient (Wildman–Crippen LogP) is 4.05. The van der Waals surface area contributed by atoms with E-state index in [1.807, 2.05) is 0 Å². The van der Waals surface area contributed by atoms with Crippen LogP contribution in [0, 0.1) is 11.7 Å². The molecule has 1 aromatic carbocycles. The Morgan fingerprint density at radius 3 is 2.48 bits per heavy atom. The molecular formula is C14H14BrF4NO3. The van der Waals surface area contributed by atoms with Crippen LogP contribution in [0.15, 0.2) is 22.7 Å². The highest BCUT2D eigenvalue weighted by molar-refractivity contribution is 9.10. The number of carbonyl (C=O) groups excluding carboxylic acids is 2. The van der Waals surface area contributed by atoms with Crippen molar-refractivity contribution in [1.29, 1.82) is 0 Å². The van der Waals surface area contributed by atoms with E-state index in [1.165, 1.54) is 19.1 Å². The maximum absolute atomic E-state index is 13.6. The van der Waals surface area contributed by atoms with Crippen molar-refractivity contribution in [2.45, 2.75) is 25.9 Å². The van der Waals surface area contributed by atoms with E-state index in [9.17, 15) is 27.2 Å². The third kappa shape index (κ3) is 6.55. The number of nitrogens with one attached hydrogen (secondary N) is 1. The van der Waals surface area contributed by atoms with Gasteiger partial charge >= 0.3 is 12.1 Å². The van der Waals surface area contributed by atoms with Gasteiger partial charge in [-0.05, 0) is 25.1 Å². The molecule has 128 valence electrons. The van der Waals surface area contributed by atoms with E-state index >= 15 is 0 Å². The van der Waals surface area contributed by atoms with Gasteiger partial charge in [0.05, 0.1) is 24.6 Å². The average molecular weight is 400 g/mol. The third-order valence-electron chi connectivity index (χ3n) is 2.82. The molecule has 0 fully saturated rings. The Balaban J connectivity index is 2.75. The molecule has 1 N–H and O–H groups in total. The molecule has 1 atom stereocenters. The number of halogens is 5. The van der Waals surface area contributed by atoms with Gasteiger partial charge in [-0.15, -0.1) is 0 Å². The molecule has 1 unspecified atom stereocenters. The molecule has 0 heterocycles. The van der Waals surface area contributed by atoms with E-state index in [1.54, 1.807) is 0 Å². The number of anilines is 1. The number of amides is 1. The zero-order valence-electron chi connectivity index (χ0n) is 12.0. The standard InChI is InChI=1S/C14H14BrF4NO3/c1-2-23-13(22)6-8(14(17,18)19)5-12(21)20-11-4-3-9(15)7-10(11)16/h3-4,7-8H,2,5-6H2,1H3,(H,20,21). The third-order valence-corrected chi connectivity index (χ3v) is 3.31. The number of carbonyl (C=O) groups is 2. The number of benzene rings is 1. The Labute approximate surface area is 138 Å². The second-order valence-corrected chi connectivity index (χ2v) is 5.54. The Morgan fingerprint density at radius 1 is 1.30 bits per heavy atom. The maximum Gasteiger partial charge on any atom is 0.392 e. The highest BCUT2D eigenvalue weighted by Gasteiger charge is 2.42. The number of alkyl halides is 3. The molecule has 9 heteroatoms. The van der Waals surface area contributed by atoms with Crippen LogP contribution in [0.2, 0.25) is 0 Å². The van der Waals surface area contributed by atoms with Crippen molar-refractivity contribution in [2.24, 2.45) is 5.92 Å². The normalized spacial score (nSPS) is 12.6. The van der Waals surface area contributed by atoms with E-state index in [0.717, 1.165) is 6.07 Å². The van der Waals surface area contributed by atoms with E-state index in [2.05, 4.69) is 26.0 Å². The van der Waals surface area contributed by atoms with Crippen LogP contribution in [0.4, 0.5) is 23.2 Å². The highest BCUT2D eigenvalue weighted by atomic mass is 79.9. The van der Waals surface area contributed by atoms with Crippen LogP contribution in [0.1, 0.15) is 19.8 Å². The van der Waals surface area contributed by atoms with Crippen molar-refractivity contribution in [1.82, 2.24) is 0 Å². The smallest absolute Gasteiger partial charge is 0.392 e. The highest BCUT2D eigenvalue weighted by Crippen LogP contribution is 2.32. The van der Waals surface area contributed by atoms with Crippen LogP contribution in [0.25, 0.3) is 0 Å². The molecule has 0 bridgehead atoms. The fourth-order valence-electron chi connectivity index (χ4n) is 1.74. The van der Waals surface area contributed by atoms with Crippen LogP contribution < -0.4 is 5.32 Å². The Kier molecular flexibility index (Phi) is 6.99. The zero-order valence-corrected chi connectivity index (χ0v) is 13.6. The monoisotopic (exact) mass is 399 g/mol. The molecular weight excluding hydrogens is 386 g/mol. The molecule has 1 amide bonds. The summed E-state index contributed by atoms with van der Waals surface area (Å²) in [7, 11) is 0. The minimum atomic E-state index is -4.75. The summed E-state index contributed by atoms with van der Waals surface area (Å²) in [6.07, 6.45) is -6.71. The van der Waals surface area contributed by atoms with Crippen molar-refractivity contribution in [3.8, 4) is 0 Å². The summed E-state index contributed by atoms with van der Waals surface area (Å²) in [5.41, 5.74) is -0.241. The molecule has 0 aromatic heterocycles. The minimum Gasteiger partial charge on any atom is -0.466 e. The lowest BCUT2D eigenvalue weighted by Gasteiger charge is -2.19. The first-order chi connectivity index (χ1) is 10.6. The van der Waals surface area contributed by atoms with Crippen molar-refractivity contribution >= 4 is 33.5 Å². The topological polar surface area (TPSA) is 55.4 Å². The van der Waals surface area contributed by atoms with Gasteiger partial charge < -0.3 is 10.1 Å². The summed E-state index contributed by atoms with van der Waals surface area (Å²) < 4.78 is 57.1. The molecule has 1 aromatic rings. The van der Waals surface area contributed by atoms with Gasteiger partial charge in [0.25, 0.3) is 0 Å². The summed E-state index contributed by atoms with van der Waals surface area (Å²) in [6.45, 7) is 1.41. The SMILES string of the molecule is CCOC(=O)CC(CC(=O)Nc1ccc(Br)cc1F)C(F)(F)F. The molecule has 1 rings (SSSR count). The van der Waals surface area contributed by atoms with Crippen LogP contribution in [-0.2, 0) is 14.3 Å². The summed E-state index contributed by atoms with van der Waals surface area (Å²) in [4.78, 5) is 22.9. The Bertz CT molecular complexity index is 578. The predicted molar refractivity (Wildman–Crippen MR) is 78.1 cm³/mol. The number of ether oxygens (including phenoxy) is 1. The van der Waals surface area contributed by atoms with Gasteiger partial charge in [-0.2, -0.15) is 13.2 Å². The molecule has 0 aliphatic heterocycles. The molecule has 0 saturated carbocycles. The summed E-state index contributed by atoms with van der Waals surface area (Å²) in [5, 5.41) is 2.06. The van der Waals surface area contributed by atoms with Gasteiger partial charge in [-0.1, -0.05) is 15.9 Å². The van der Waals surface area contributed by atoms with Crippen molar-refractivity contribution in [2.75, 3.05) is 11.9 Å². The van der Waals surface area contributed by atoms with Crippen molar-refractivity contribution in [3.63, 3.8) is 0 Å². The maximum atomic E-state index is 13.6. The van der Waals surface area contributed by atoms with Gasteiger partial charge in [0.1, 0.15) is 5.82 Å². The van der Waals surface area contributed by atoms with Gasteiger partial charge in [0.15, 0.2) is 0 Å². The molecule has 0 radical (unpaired) electrons. The van der Waals surface area contributed by atoms with Crippen LogP contribution in [-0.4, -0.2) is 24.7 Å². The largest absolute Gasteiger partial charge is 0.466 e. The first-order valence-corrected chi connectivity index (χ1v) is 7.40. The fraction of sp³-hybridized carbons (Fsp3) is 0.429. The fourth-order valence-corrected chi connectivity index (χ4v) is 2.07. The molecule has 0 spiro atoms. The number of rotatable bonds is 6. The number of hydrogen-bond acceptors (Lipinski definition) is 3. The lowest BCUT2D eigenvalue weighted by atomic mass is 10.0. The zero-order chi connectivity index (χ0) is 17.6. The van der Waals surface area contributed by atoms with Gasteiger partial charge in [0, 0.05) is 10.9 Å². The molecule has 23 heavy (non-hydrogen) atoms. The second kappa shape index (κ2) is 8.28. The molecule has 0 saturated heterocycles. The molecule has 0 aliphatic rings. The first kappa shape index (κ1) is 19.4. The molecule has 0 aliphatic carbocycles. The van der Waals surface area contributed by atoms with Gasteiger partial charge in [0.2, 0.25) is 5.91 Å². The minimum absolute atomic E-state index is 0.0558. The number of esters is 1. The number of hydrogen-bond donors (Lipinski definition) is 1. The van der Waals surface area contributed by atoms with Crippen molar-refractivity contribution < 1.29 is 31.9 Å². The molecule has 4 nitrogen and oxygen atoms in total. The Hall–Kier alpha value is -1.64. The van der Waals surface area contributed by atoms with Crippen LogP contribution in [0.3, 0.4) is 0 Å². The lowest BCUT2D eigenvalue weighted by Crippen LogP contribution is -2.30. The van der Waals surface area contributed by atoms with Crippen molar-refractivity contribution in [3.05, 3.63) is 28.5 Å².